The average molecular weight is 394 g/mol. The van der Waals surface area contributed by atoms with E-state index in [9.17, 15) is 18.8 Å². The van der Waals surface area contributed by atoms with Gasteiger partial charge in [0.25, 0.3) is 5.56 Å². The highest BCUT2D eigenvalue weighted by Crippen LogP contribution is 2.22. The van der Waals surface area contributed by atoms with Gasteiger partial charge < -0.3 is 15.0 Å². The summed E-state index contributed by atoms with van der Waals surface area (Å²) in [6.07, 6.45) is 5.34. The highest BCUT2D eigenvalue weighted by Gasteiger charge is 2.28. The van der Waals surface area contributed by atoms with Gasteiger partial charge in [-0.2, -0.15) is 0 Å². The molecule has 0 aliphatic rings. The van der Waals surface area contributed by atoms with E-state index in [4.69, 9.17) is 5.11 Å². The van der Waals surface area contributed by atoms with E-state index in [0.717, 1.165) is 0 Å². The Hall–Kier alpha value is -2.28. The molecular weight excluding hydrogens is 363 g/mol. The fourth-order valence-corrected chi connectivity index (χ4v) is 3.11. The SMILES string of the molecule is CCCC(C(=O)NC(/C=C/CO)C(=O)CF)c1c(C)ccn(CC(C)C)c1=O. The summed E-state index contributed by atoms with van der Waals surface area (Å²) < 4.78 is 14.4. The number of carbonyl (C=O) groups is 2. The third kappa shape index (κ3) is 6.41. The average Bonchev–Trinajstić information content (AvgIpc) is 2.65. The number of rotatable bonds is 11. The van der Waals surface area contributed by atoms with Crippen LogP contribution in [0.2, 0.25) is 0 Å². The Labute approximate surface area is 165 Å². The molecule has 0 spiro atoms. The first-order chi connectivity index (χ1) is 13.3. The molecule has 0 saturated carbocycles. The Morgan fingerprint density at radius 2 is 2.04 bits per heavy atom. The van der Waals surface area contributed by atoms with Crippen molar-refractivity contribution in [3.63, 3.8) is 0 Å². The quantitative estimate of drug-likeness (QED) is 0.564. The molecular formula is C21H31FN2O4. The molecule has 2 N–H and O–H groups in total. The summed E-state index contributed by atoms with van der Waals surface area (Å²) in [6.45, 7) is 6.66. The number of carbonyl (C=O) groups excluding carboxylic acids is 2. The number of aliphatic hydroxyl groups is 1. The number of halogens is 1. The smallest absolute Gasteiger partial charge is 0.254 e. The lowest BCUT2D eigenvalue weighted by atomic mass is 9.90. The minimum absolute atomic E-state index is 0.221. The number of aromatic nitrogens is 1. The first kappa shape index (κ1) is 23.8. The predicted molar refractivity (Wildman–Crippen MR) is 107 cm³/mol. The van der Waals surface area contributed by atoms with Crippen molar-refractivity contribution in [1.29, 1.82) is 0 Å². The highest BCUT2D eigenvalue weighted by molar-refractivity contribution is 5.93. The number of aliphatic hydroxyl groups excluding tert-OH is 1. The standard InChI is InChI=1S/C21H31FN2O4/c1-5-7-16(20(27)23-17(8-6-11-25)18(26)12-22)19-15(4)9-10-24(21(19)28)13-14(2)3/h6,8-10,14,16-17,25H,5,7,11-13H2,1-4H3,(H,23,27)/b8-6+. The van der Waals surface area contributed by atoms with Crippen molar-refractivity contribution in [3.05, 3.63) is 45.9 Å². The lowest BCUT2D eigenvalue weighted by Gasteiger charge is -2.22. The molecule has 1 aromatic heterocycles. The summed E-state index contributed by atoms with van der Waals surface area (Å²) in [5.41, 5.74) is 0.888. The number of alkyl halides is 1. The summed E-state index contributed by atoms with van der Waals surface area (Å²) in [4.78, 5) is 37.7. The summed E-state index contributed by atoms with van der Waals surface area (Å²) in [5.74, 6) is -1.79. The Bertz CT molecular complexity index is 755. The van der Waals surface area contributed by atoms with Crippen molar-refractivity contribution >= 4 is 11.7 Å². The van der Waals surface area contributed by atoms with Gasteiger partial charge in [0.05, 0.1) is 12.5 Å². The van der Waals surface area contributed by atoms with Crippen LogP contribution >= 0.6 is 0 Å². The second-order valence-electron chi connectivity index (χ2n) is 7.30. The van der Waals surface area contributed by atoms with Crippen molar-refractivity contribution in [2.45, 2.75) is 59.0 Å². The Morgan fingerprint density at radius 1 is 1.36 bits per heavy atom. The minimum atomic E-state index is -1.23. The maximum atomic E-state index is 13.0. The van der Waals surface area contributed by atoms with Gasteiger partial charge in [0.2, 0.25) is 5.91 Å². The number of Topliss-reactive ketones (excluding diaryl/α,β-unsaturated/α-hetero) is 1. The number of pyridine rings is 1. The van der Waals surface area contributed by atoms with E-state index in [1.165, 1.54) is 12.2 Å². The van der Waals surface area contributed by atoms with E-state index in [2.05, 4.69) is 5.32 Å². The number of aryl methyl sites for hydroxylation is 1. The number of nitrogens with one attached hydrogen (secondary N) is 1. The minimum Gasteiger partial charge on any atom is -0.392 e. The summed E-state index contributed by atoms with van der Waals surface area (Å²) in [6, 6.07) is 0.635. The number of hydrogen-bond donors (Lipinski definition) is 2. The molecule has 0 radical (unpaired) electrons. The molecule has 0 aliphatic heterocycles. The number of amides is 1. The summed E-state index contributed by atoms with van der Waals surface area (Å²) >= 11 is 0. The lowest BCUT2D eigenvalue weighted by Crippen LogP contribution is -2.44. The van der Waals surface area contributed by atoms with Crippen molar-refractivity contribution < 1.29 is 19.1 Å². The van der Waals surface area contributed by atoms with Crippen molar-refractivity contribution in [2.24, 2.45) is 5.92 Å². The third-order valence-corrected chi connectivity index (χ3v) is 4.44. The van der Waals surface area contributed by atoms with Gasteiger partial charge in [-0.15, -0.1) is 0 Å². The van der Waals surface area contributed by atoms with E-state index in [1.807, 2.05) is 26.8 Å². The molecule has 0 aromatic carbocycles. The van der Waals surface area contributed by atoms with Gasteiger partial charge >= 0.3 is 0 Å². The molecule has 1 aromatic rings. The number of ketones is 1. The lowest BCUT2D eigenvalue weighted by molar-refractivity contribution is -0.128. The topological polar surface area (TPSA) is 88.4 Å². The van der Waals surface area contributed by atoms with E-state index in [-0.39, 0.29) is 18.1 Å². The van der Waals surface area contributed by atoms with Crippen LogP contribution in [0.3, 0.4) is 0 Å². The van der Waals surface area contributed by atoms with E-state index < -0.39 is 30.3 Å². The molecule has 28 heavy (non-hydrogen) atoms. The second-order valence-corrected chi connectivity index (χ2v) is 7.30. The Kier molecular flexibility index (Phi) is 9.79. The molecule has 7 heteroatoms. The van der Waals surface area contributed by atoms with E-state index in [0.29, 0.717) is 30.5 Å². The predicted octanol–water partition coefficient (Wildman–Crippen LogP) is 2.27. The zero-order valence-corrected chi connectivity index (χ0v) is 17.1. The molecule has 6 nitrogen and oxygen atoms in total. The van der Waals surface area contributed by atoms with Crippen molar-refractivity contribution in [3.8, 4) is 0 Å². The first-order valence-electron chi connectivity index (χ1n) is 9.63. The Morgan fingerprint density at radius 3 is 2.57 bits per heavy atom. The molecule has 1 rings (SSSR count). The summed E-state index contributed by atoms with van der Waals surface area (Å²) in [7, 11) is 0. The van der Waals surface area contributed by atoms with Gasteiger partial charge in [-0.25, -0.2) is 4.39 Å². The Balaban J connectivity index is 3.29. The molecule has 156 valence electrons. The van der Waals surface area contributed by atoms with Crippen molar-refractivity contribution in [2.75, 3.05) is 13.3 Å². The molecule has 0 fully saturated rings. The van der Waals surface area contributed by atoms with Gasteiger partial charge in [0.15, 0.2) is 12.5 Å². The summed E-state index contributed by atoms with van der Waals surface area (Å²) in [5, 5.41) is 11.4. The van der Waals surface area contributed by atoms with Crippen LogP contribution < -0.4 is 10.9 Å². The van der Waals surface area contributed by atoms with Gasteiger partial charge in [-0.1, -0.05) is 39.3 Å². The number of nitrogens with zero attached hydrogens (tertiary/aromatic N) is 1. The normalized spacial score (nSPS) is 13.7. The molecule has 1 amide bonds. The molecule has 0 bridgehead atoms. The van der Waals surface area contributed by atoms with Gasteiger partial charge in [0.1, 0.15) is 6.04 Å². The largest absolute Gasteiger partial charge is 0.392 e. The van der Waals surface area contributed by atoms with E-state index in [1.54, 1.807) is 17.7 Å². The second kappa shape index (κ2) is 11.5. The van der Waals surface area contributed by atoms with Gasteiger partial charge in [-0.05, 0) is 30.9 Å². The van der Waals surface area contributed by atoms with Gasteiger partial charge in [0, 0.05) is 18.3 Å². The molecule has 2 atom stereocenters. The van der Waals surface area contributed by atoms with Crippen LogP contribution in [0.1, 0.15) is 50.7 Å². The van der Waals surface area contributed by atoms with Crippen LogP contribution in [-0.4, -0.2) is 40.7 Å². The van der Waals surface area contributed by atoms with Crippen LogP contribution in [-0.2, 0) is 16.1 Å². The molecule has 0 saturated heterocycles. The van der Waals surface area contributed by atoms with Crippen LogP contribution in [0.5, 0.6) is 0 Å². The first-order valence-corrected chi connectivity index (χ1v) is 9.63. The fourth-order valence-electron chi connectivity index (χ4n) is 3.11. The van der Waals surface area contributed by atoms with Crippen LogP contribution in [0.25, 0.3) is 0 Å². The maximum Gasteiger partial charge on any atom is 0.254 e. The van der Waals surface area contributed by atoms with Crippen LogP contribution in [0.4, 0.5) is 4.39 Å². The van der Waals surface area contributed by atoms with Crippen molar-refractivity contribution in [1.82, 2.24) is 9.88 Å². The molecule has 0 aliphatic carbocycles. The molecule has 2 unspecified atom stereocenters. The number of hydrogen-bond acceptors (Lipinski definition) is 4. The zero-order chi connectivity index (χ0) is 21.3. The van der Waals surface area contributed by atoms with Crippen LogP contribution in [0, 0.1) is 12.8 Å². The van der Waals surface area contributed by atoms with Crippen LogP contribution in [0.15, 0.2) is 29.2 Å². The van der Waals surface area contributed by atoms with E-state index >= 15 is 0 Å². The molecule has 1 heterocycles. The van der Waals surface area contributed by atoms with Gasteiger partial charge in [-0.3, -0.25) is 14.4 Å². The highest BCUT2D eigenvalue weighted by atomic mass is 19.1. The monoisotopic (exact) mass is 394 g/mol. The zero-order valence-electron chi connectivity index (χ0n) is 17.1. The third-order valence-electron chi connectivity index (χ3n) is 4.44. The maximum absolute atomic E-state index is 13.0. The fraction of sp³-hybridized carbons (Fsp3) is 0.571.